The molecular weight excluding hydrogens is 164 g/mol. The molecule has 0 amide bonds. The summed E-state index contributed by atoms with van der Waals surface area (Å²) in [6.07, 6.45) is 3.44. The van der Waals surface area contributed by atoms with Crippen LogP contribution in [0, 0.1) is 0 Å². The highest BCUT2D eigenvalue weighted by Gasteiger charge is 2.23. The van der Waals surface area contributed by atoms with Crippen LogP contribution < -0.4 is 0 Å². The van der Waals surface area contributed by atoms with Gasteiger partial charge in [-0.15, -0.1) is 0 Å². The Morgan fingerprint density at radius 1 is 1.54 bits per heavy atom. The Morgan fingerprint density at radius 3 is 3.15 bits per heavy atom. The molecule has 2 rings (SSSR count). The molecule has 2 nitrogen and oxygen atoms in total. The summed E-state index contributed by atoms with van der Waals surface area (Å²) in [4.78, 5) is 10.4. The first kappa shape index (κ1) is 8.30. The van der Waals surface area contributed by atoms with E-state index in [1.807, 2.05) is 12.1 Å². The zero-order valence-electron chi connectivity index (χ0n) is 7.36. The zero-order valence-corrected chi connectivity index (χ0v) is 7.36. The second kappa shape index (κ2) is 3.21. The van der Waals surface area contributed by atoms with Crippen LogP contribution >= 0.6 is 0 Å². The number of hydrogen-bond donors (Lipinski definition) is 1. The van der Waals surface area contributed by atoms with E-state index in [4.69, 9.17) is 0 Å². The lowest BCUT2D eigenvalue weighted by atomic mass is 9.98. The van der Waals surface area contributed by atoms with Crippen molar-refractivity contribution in [2.45, 2.75) is 25.2 Å². The van der Waals surface area contributed by atoms with Gasteiger partial charge in [0.05, 0.1) is 0 Å². The number of phenolic OH excluding ortho intramolecular Hbond substituents is 1. The summed E-state index contributed by atoms with van der Waals surface area (Å²) in [7, 11) is 0. The Morgan fingerprint density at radius 2 is 2.38 bits per heavy atom. The minimum atomic E-state index is 0.333. The van der Waals surface area contributed by atoms with Gasteiger partial charge in [-0.1, -0.05) is 12.1 Å². The van der Waals surface area contributed by atoms with Gasteiger partial charge in [-0.05, 0) is 36.0 Å². The van der Waals surface area contributed by atoms with Crippen molar-refractivity contribution in [3.05, 3.63) is 29.3 Å². The number of fused-ring (bicyclic) bond motifs is 1. The predicted octanol–water partition coefficient (Wildman–Crippen LogP) is 2.01. The van der Waals surface area contributed by atoms with Crippen molar-refractivity contribution >= 4 is 6.29 Å². The van der Waals surface area contributed by atoms with E-state index in [1.54, 1.807) is 6.07 Å². The van der Waals surface area contributed by atoms with Gasteiger partial charge in [0.1, 0.15) is 12.0 Å². The van der Waals surface area contributed by atoms with E-state index in [9.17, 15) is 9.90 Å². The first-order chi connectivity index (χ1) is 6.33. The second-order valence-electron chi connectivity index (χ2n) is 3.48. The van der Waals surface area contributed by atoms with Crippen LogP contribution in [0.15, 0.2) is 18.2 Å². The van der Waals surface area contributed by atoms with Gasteiger partial charge in [0.15, 0.2) is 0 Å². The Hall–Kier alpha value is -1.31. The maximum absolute atomic E-state index is 10.4. The maximum atomic E-state index is 10.4. The van der Waals surface area contributed by atoms with Crippen LogP contribution in [0.1, 0.15) is 29.9 Å². The molecule has 0 heterocycles. The number of carbonyl (C=O) groups excluding carboxylic acids is 1. The van der Waals surface area contributed by atoms with Crippen molar-refractivity contribution < 1.29 is 9.90 Å². The molecule has 1 aromatic carbocycles. The van der Waals surface area contributed by atoms with Gasteiger partial charge < -0.3 is 9.90 Å². The summed E-state index contributed by atoms with van der Waals surface area (Å²) in [5.74, 6) is 0.713. The number of hydrogen-bond acceptors (Lipinski definition) is 2. The van der Waals surface area contributed by atoms with E-state index in [2.05, 4.69) is 0 Å². The molecule has 0 bridgehead atoms. The topological polar surface area (TPSA) is 37.3 Å². The number of carbonyl (C=O) groups is 1. The van der Waals surface area contributed by atoms with Gasteiger partial charge in [0, 0.05) is 6.42 Å². The lowest BCUT2D eigenvalue weighted by Crippen LogP contribution is -1.93. The first-order valence-electron chi connectivity index (χ1n) is 4.57. The van der Waals surface area contributed by atoms with Crippen molar-refractivity contribution in [2.75, 3.05) is 0 Å². The summed E-state index contributed by atoms with van der Waals surface area (Å²) in [5.41, 5.74) is 2.20. The third-order valence-corrected chi connectivity index (χ3v) is 2.75. The van der Waals surface area contributed by atoms with Crippen molar-refractivity contribution in [1.29, 1.82) is 0 Å². The number of aldehydes is 1. The number of benzene rings is 1. The fourth-order valence-electron chi connectivity index (χ4n) is 2.08. The molecule has 1 aliphatic carbocycles. The van der Waals surface area contributed by atoms with Gasteiger partial charge in [-0.3, -0.25) is 0 Å². The molecule has 2 heteroatoms. The van der Waals surface area contributed by atoms with Crippen molar-refractivity contribution in [3.63, 3.8) is 0 Å². The van der Waals surface area contributed by atoms with Crippen LogP contribution in [0.3, 0.4) is 0 Å². The third-order valence-electron chi connectivity index (χ3n) is 2.75. The van der Waals surface area contributed by atoms with E-state index < -0.39 is 0 Å². The first-order valence-corrected chi connectivity index (χ1v) is 4.57. The van der Waals surface area contributed by atoms with Gasteiger partial charge in [0.2, 0.25) is 0 Å². The molecule has 0 aromatic heterocycles. The molecule has 0 radical (unpaired) electrons. The molecule has 0 saturated heterocycles. The van der Waals surface area contributed by atoms with E-state index in [0.29, 0.717) is 18.1 Å². The van der Waals surface area contributed by atoms with E-state index in [-0.39, 0.29) is 0 Å². The average Bonchev–Trinajstić information content (AvgIpc) is 2.51. The second-order valence-corrected chi connectivity index (χ2v) is 3.48. The molecule has 0 fully saturated rings. The number of rotatable bonds is 2. The molecule has 1 aromatic rings. The van der Waals surface area contributed by atoms with Crippen molar-refractivity contribution in [2.24, 2.45) is 0 Å². The average molecular weight is 176 g/mol. The zero-order chi connectivity index (χ0) is 9.26. The Labute approximate surface area is 77.2 Å². The Bertz CT molecular complexity index is 331. The van der Waals surface area contributed by atoms with Gasteiger partial charge in [-0.25, -0.2) is 0 Å². The fraction of sp³-hybridized carbons (Fsp3) is 0.364. The smallest absolute Gasteiger partial charge is 0.120 e. The van der Waals surface area contributed by atoms with Crippen molar-refractivity contribution in [1.82, 2.24) is 0 Å². The van der Waals surface area contributed by atoms with Crippen LogP contribution in [0.4, 0.5) is 0 Å². The summed E-state index contributed by atoms with van der Waals surface area (Å²) in [6.45, 7) is 0. The largest absolute Gasteiger partial charge is 0.508 e. The Balaban J connectivity index is 2.37. The maximum Gasteiger partial charge on any atom is 0.120 e. The molecule has 1 atom stereocenters. The number of phenols is 1. The fourth-order valence-corrected chi connectivity index (χ4v) is 2.08. The standard InChI is InChI=1S/C11H12O2/c12-7-6-8-4-5-10-9(8)2-1-3-11(10)13/h1-3,7-8,13H,4-6H2. The molecule has 1 unspecified atom stereocenters. The molecule has 0 aliphatic heterocycles. The highest BCUT2D eigenvalue weighted by atomic mass is 16.3. The minimum Gasteiger partial charge on any atom is -0.508 e. The normalized spacial score (nSPS) is 19.8. The molecule has 1 aliphatic rings. The SMILES string of the molecule is O=CCC1CCc2c(O)cccc21. The predicted molar refractivity (Wildman–Crippen MR) is 49.8 cm³/mol. The minimum absolute atomic E-state index is 0.333. The van der Waals surface area contributed by atoms with E-state index in [0.717, 1.165) is 30.3 Å². The van der Waals surface area contributed by atoms with Gasteiger partial charge in [-0.2, -0.15) is 0 Å². The highest BCUT2D eigenvalue weighted by Crippen LogP contribution is 2.38. The molecule has 68 valence electrons. The van der Waals surface area contributed by atoms with Gasteiger partial charge >= 0.3 is 0 Å². The molecular formula is C11H12O2. The van der Waals surface area contributed by atoms with Gasteiger partial charge in [0.25, 0.3) is 0 Å². The van der Waals surface area contributed by atoms with E-state index in [1.165, 1.54) is 0 Å². The molecule has 0 saturated carbocycles. The van der Waals surface area contributed by atoms with Crippen LogP contribution in [0.25, 0.3) is 0 Å². The van der Waals surface area contributed by atoms with Crippen LogP contribution in [0.5, 0.6) is 5.75 Å². The highest BCUT2D eigenvalue weighted by molar-refractivity contribution is 5.54. The Kier molecular flexibility index (Phi) is 2.05. The summed E-state index contributed by atoms with van der Waals surface area (Å²) >= 11 is 0. The molecule has 1 N–H and O–H groups in total. The quantitative estimate of drug-likeness (QED) is 0.700. The van der Waals surface area contributed by atoms with Crippen LogP contribution in [-0.2, 0) is 11.2 Å². The summed E-state index contributed by atoms with van der Waals surface area (Å²) in [5, 5.41) is 9.53. The molecule has 0 spiro atoms. The van der Waals surface area contributed by atoms with Crippen LogP contribution in [0.2, 0.25) is 0 Å². The lowest BCUT2D eigenvalue weighted by Gasteiger charge is -2.07. The van der Waals surface area contributed by atoms with Crippen molar-refractivity contribution in [3.8, 4) is 5.75 Å². The third kappa shape index (κ3) is 1.32. The number of aromatic hydroxyl groups is 1. The summed E-state index contributed by atoms with van der Waals surface area (Å²) < 4.78 is 0. The van der Waals surface area contributed by atoms with Crippen LogP contribution in [-0.4, -0.2) is 11.4 Å². The monoisotopic (exact) mass is 176 g/mol. The summed E-state index contributed by atoms with van der Waals surface area (Å²) in [6, 6.07) is 5.57. The lowest BCUT2D eigenvalue weighted by molar-refractivity contribution is -0.108. The van der Waals surface area contributed by atoms with E-state index >= 15 is 0 Å². The molecule has 13 heavy (non-hydrogen) atoms.